The van der Waals surface area contributed by atoms with Crippen molar-refractivity contribution < 1.29 is 9.90 Å². The Bertz CT molecular complexity index is 170. The van der Waals surface area contributed by atoms with E-state index < -0.39 is 0 Å². The van der Waals surface area contributed by atoms with Gasteiger partial charge in [-0.1, -0.05) is 6.92 Å². The van der Waals surface area contributed by atoms with Crippen molar-refractivity contribution in [2.45, 2.75) is 45.3 Å². The quantitative estimate of drug-likeness (QED) is 0.609. The van der Waals surface area contributed by atoms with E-state index in [1.54, 1.807) is 0 Å². The molecule has 0 heterocycles. The summed E-state index contributed by atoms with van der Waals surface area (Å²) >= 11 is 0. The van der Waals surface area contributed by atoms with Gasteiger partial charge < -0.3 is 10.4 Å². The molecule has 0 saturated heterocycles. The van der Waals surface area contributed by atoms with Crippen LogP contribution in [-0.2, 0) is 4.79 Å². The summed E-state index contributed by atoms with van der Waals surface area (Å²) in [5, 5.41) is 12.3. The molecule has 1 aliphatic rings. The third kappa shape index (κ3) is 2.48. The summed E-state index contributed by atoms with van der Waals surface area (Å²) in [7, 11) is 0. The number of rotatable bonds is 1. The van der Waals surface area contributed by atoms with Crippen molar-refractivity contribution in [3.63, 3.8) is 0 Å². The Labute approximate surface area is 73.2 Å². The van der Waals surface area contributed by atoms with Crippen LogP contribution in [0.2, 0.25) is 0 Å². The summed E-state index contributed by atoms with van der Waals surface area (Å²) in [5.41, 5.74) is 0. The number of carbonyl (C=O) groups is 1. The average molecular weight is 171 g/mol. The van der Waals surface area contributed by atoms with Crippen LogP contribution in [0.4, 0.5) is 0 Å². The normalized spacial score (nSPS) is 36.1. The van der Waals surface area contributed by atoms with Gasteiger partial charge in [-0.05, 0) is 25.2 Å². The van der Waals surface area contributed by atoms with Gasteiger partial charge in [0.2, 0.25) is 5.91 Å². The van der Waals surface area contributed by atoms with Crippen LogP contribution in [0.5, 0.6) is 0 Å². The van der Waals surface area contributed by atoms with Crippen molar-refractivity contribution >= 4 is 5.91 Å². The van der Waals surface area contributed by atoms with Gasteiger partial charge in [-0.3, -0.25) is 4.79 Å². The maximum atomic E-state index is 10.7. The molecule has 0 aromatic carbocycles. The zero-order valence-electron chi connectivity index (χ0n) is 7.71. The smallest absolute Gasteiger partial charge is 0.217 e. The molecule has 2 N–H and O–H groups in total. The Hall–Kier alpha value is -0.570. The highest BCUT2D eigenvalue weighted by molar-refractivity contribution is 5.73. The molecular formula is C9H17NO2. The van der Waals surface area contributed by atoms with Crippen LogP contribution in [-0.4, -0.2) is 23.2 Å². The predicted molar refractivity (Wildman–Crippen MR) is 46.6 cm³/mol. The molecule has 1 saturated carbocycles. The van der Waals surface area contributed by atoms with E-state index in [0.717, 1.165) is 19.3 Å². The van der Waals surface area contributed by atoms with Crippen LogP contribution in [0.1, 0.15) is 33.1 Å². The highest BCUT2D eigenvalue weighted by Crippen LogP contribution is 2.23. The van der Waals surface area contributed by atoms with Gasteiger partial charge in [-0.2, -0.15) is 0 Å². The molecule has 0 aromatic rings. The number of aliphatic hydroxyl groups excluding tert-OH is 1. The molecule has 1 amide bonds. The van der Waals surface area contributed by atoms with Crippen LogP contribution in [0.15, 0.2) is 0 Å². The second-order valence-corrected chi connectivity index (χ2v) is 3.76. The average Bonchev–Trinajstić information content (AvgIpc) is 1.96. The maximum absolute atomic E-state index is 10.7. The summed E-state index contributed by atoms with van der Waals surface area (Å²) < 4.78 is 0. The van der Waals surface area contributed by atoms with Crippen LogP contribution >= 0.6 is 0 Å². The number of hydrogen-bond donors (Lipinski definition) is 2. The lowest BCUT2D eigenvalue weighted by Crippen LogP contribution is -2.40. The fraction of sp³-hybridized carbons (Fsp3) is 0.889. The minimum absolute atomic E-state index is 0.0311. The van der Waals surface area contributed by atoms with Crippen LogP contribution in [0.3, 0.4) is 0 Å². The fourth-order valence-electron chi connectivity index (χ4n) is 1.80. The van der Waals surface area contributed by atoms with Crippen LogP contribution in [0, 0.1) is 5.92 Å². The van der Waals surface area contributed by atoms with E-state index in [0.29, 0.717) is 5.92 Å². The van der Waals surface area contributed by atoms with Gasteiger partial charge in [0.1, 0.15) is 0 Å². The van der Waals surface area contributed by atoms with Crippen molar-refractivity contribution in [3.05, 3.63) is 0 Å². The summed E-state index contributed by atoms with van der Waals surface area (Å²) in [5.74, 6) is 0.346. The minimum Gasteiger partial charge on any atom is -0.393 e. The summed E-state index contributed by atoms with van der Waals surface area (Å²) in [6, 6.07) is 0.279. The number of nitrogens with one attached hydrogen (secondary N) is 1. The van der Waals surface area contributed by atoms with Gasteiger partial charge in [0.25, 0.3) is 0 Å². The molecular weight excluding hydrogens is 154 g/mol. The predicted octanol–water partition coefficient (Wildman–Crippen LogP) is 0.672. The topological polar surface area (TPSA) is 49.3 Å². The van der Waals surface area contributed by atoms with E-state index >= 15 is 0 Å². The molecule has 3 atom stereocenters. The first-order chi connectivity index (χ1) is 5.59. The summed E-state index contributed by atoms with van der Waals surface area (Å²) in [6.07, 6.45) is 2.45. The lowest BCUT2D eigenvalue weighted by atomic mass is 9.84. The highest BCUT2D eigenvalue weighted by Gasteiger charge is 2.25. The first kappa shape index (κ1) is 9.52. The molecule has 0 unspecified atom stereocenters. The van der Waals surface area contributed by atoms with Gasteiger partial charge in [-0.15, -0.1) is 0 Å². The SMILES string of the molecule is CC(=O)N[C@H]1CC[C@H](O)[C@@H](C)C1. The van der Waals surface area contributed by atoms with Gasteiger partial charge >= 0.3 is 0 Å². The van der Waals surface area contributed by atoms with Crippen molar-refractivity contribution in [1.82, 2.24) is 5.32 Å². The van der Waals surface area contributed by atoms with E-state index in [1.165, 1.54) is 6.92 Å². The molecule has 1 rings (SSSR count). The first-order valence-corrected chi connectivity index (χ1v) is 4.54. The number of carbonyl (C=O) groups excluding carboxylic acids is 1. The second kappa shape index (κ2) is 3.90. The van der Waals surface area contributed by atoms with E-state index in [-0.39, 0.29) is 18.1 Å². The number of amides is 1. The van der Waals surface area contributed by atoms with Crippen LogP contribution in [0.25, 0.3) is 0 Å². The Morgan fingerprint density at radius 2 is 2.17 bits per heavy atom. The zero-order chi connectivity index (χ0) is 9.14. The van der Waals surface area contributed by atoms with E-state index in [9.17, 15) is 9.90 Å². The van der Waals surface area contributed by atoms with Crippen molar-refractivity contribution in [2.24, 2.45) is 5.92 Å². The molecule has 12 heavy (non-hydrogen) atoms. The molecule has 0 aromatic heterocycles. The minimum atomic E-state index is -0.171. The van der Waals surface area contributed by atoms with E-state index in [2.05, 4.69) is 5.32 Å². The molecule has 70 valence electrons. The molecule has 0 spiro atoms. The Balaban J connectivity index is 2.35. The molecule has 0 radical (unpaired) electrons. The van der Waals surface area contributed by atoms with E-state index in [1.807, 2.05) is 6.92 Å². The van der Waals surface area contributed by atoms with Crippen molar-refractivity contribution in [3.8, 4) is 0 Å². The number of hydrogen-bond acceptors (Lipinski definition) is 2. The van der Waals surface area contributed by atoms with Gasteiger partial charge in [0.05, 0.1) is 6.10 Å². The Morgan fingerprint density at radius 1 is 1.50 bits per heavy atom. The zero-order valence-corrected chi connectivity index (χ0v) is 7.71. The molecule has 3 heteroatoms. The summed E-state index contributed by atoms with van der Waals surface area (Å²) in [6.45, 7) is 3.56. The lowest BCUT2D eigenvalue weighted by Gasteiger charge is -2.31. The third-order valence-electron chi connectivity index (χ3n) is 2.53. The fourth-order valence-corrected chi connectivity index (χ4v) is 1.80. The third-order valence-corrected chi connectivity index (χ3v) is 2.53. The van der Waals surface area contributed by atoms with Crippen molar-refractivity contribution in [1.29, 1.82) is 0 Å². The highest BCUT2D eigenvalue weighted by atomic mass is 16.3. The van der Waals surface area contributed by atoms with Gasteiger partial charge in [0, 0.05) is 13.0 Å². The lowest BCUT2D eigenvalue weighted by molar-refractivity contribution is -0.120. The maximum Gasteiger partial charge on any atom is 0.217 e. The summed E-state index contributed by atoms with van der Waals surface area (Å²) in [4.78, 5) is 10.7. The molecule has 0 aliphatic heterocycles. The number of aliphatic hydroxyl groups is 1. The molecule has 1 fully saturated rings. The Morgan fingerprint density at radius 3 is 2.67 bits per heavy atom. The second-order valence-electron chi connectivity index (χ2n) is 3.76. The van der Waals surface area contributed by atoms with Crippen molar-refractivity contribution in [2.75, 3.05) is 0 Å². The monoisotopic (exact) mass is 171 g/mol. The molecule has 1 aliphatic carbocycles. The Kier molecular flexibility index (Phi) is 3.09. The first-order valence-electron chi connectivity index (χ1n) is 4.54. The standard InChI is InChI=1S/C9H17NO2/c1-6-5-8(10-7(2)11)3-4-9(6)12/h6,8-9,12H,3-5H2,1-2H3,(H,10,11)/t6-,8-,9-/m0/s1. The van der Waals surface area contributed by atoms with E-state index in [4.69, 9.17) is 0 Å². The largest absolute Gasteiger partial charge is 0.393 e. The van der Waals surface area contributed by atoms with Gasteiger partial charge in [-0.25, -0.2) is 0 Å². The molecule has 3 nitrogen and oxygen atoms in total. The van der Waals surface area contributed by atoms with Gasteiger partial charge in [0.15, 0.2) is 0 Å². The van der Waals surface area contributed by atoms with Crippen LogP contribution < -0.4 is 5.32 Å². The molecule has 0 bridgehead atoms.